The van der Waals surface area contributed by atoms with E-state index in [0.717, 1.165) is 50.7 Å². The van der Waals surface area contributed by atoms with E-state index in [9.17, 15) is 10.2 Å². The lowest BCUT2D eigenvalue weighted by molar-refractivity contribution is 0.140. The largest absolute Gasteiger partial charge is 0.502 e. The molecular formula is C21H31NO3S. The number of aliphatic imine (C=N–C) groups is 1. The second-order valence-corrected chi connectivity index (χ2v) is 8.07. The molecule has 2 aliphatic rings. The van der Waals surface area contributed by atoms with E-state index in [0.29, 0.717) is 12.8 Å². The molecule has 1 heterocycles. The predicted molar refractivity (Wildman–Crippen MR) is 110 cm³/mol. The lowest BCUT2D eigenvalue weighted by atomic mass is 9.82. The number of unbranched alkanes of at least 4 members (excludes halogenated alkanes) is 2. The molecule has 0 amide bonds. The van der Waals surface area contributed by atoms with Gasteiger partial charge in [0.05, 0.1) is 12.2 Å². The lowest BCUT2D eigenvalue weighted by Crippen LogP contribution is -2.27. The molecule has 1 aliphatic heterocycles. The molecule has 0 aromatic carbocycles. The van der Waals surface area contributed by atoms with Crippen molar-refractivity contribution in [2.45, 2.75) is 82.5 Å². The molecule has 1 aliphatic carbocycles. The topological polar surface area (TPSA) is 73.0 Å². The van der Waals surface area contributed by atoms with Gasteiger partial charge < -0.3 is 15.3 Å². The van der Waals surface area contributed by atoms with Gasteiger partial charge in [0.2, 0.25) is 0 Å². The summed E-state index contributed by atoms with van der Waals surface area (Å²) in [6.07, 6.45) is 15.9. The number of terminal acetylenes is 1. The van der Waals surface area contributed by atoms with Gasteiger partial charge in [0.25, 0.3) is 0 Å². The molecule has 0 saturated heterocycles. The first kappa shape index (κ1) is 21.1. The number of fused-ring (bicyclic) bond motifs is 1. The van der Waals surface area contributed by atoms with Crippen molar-refractivity contribution in [3.8, 4) is 12.3 Å². The van der Waals surface area contributed by atoms with E-state index in [1.807, 2.05) is 12.2 Å². The van der Waals surface area contributed by atoms with Crippen LogP contribution in [0.5, 0.6) is 0 Å². The second-order valence-electron chi connectivity index (χ2n) is 7.60. The van der Waals surface area contributed by atoms with Crippen molar-refractivity contribution in [3.05, 3.63) is 12.2 Å². The van der Waals surface area contributed by atoms with Gasteiger partial charge in [-0.3, -0.25) is 4.99 Å². The van der Waals surface area contributed by atoms with Crippen LogP contribution in [0.15, 0.2) is 17.1 Å². The first-order chi connectivity index (χ1) is 12.4. The minimum absolute atomic E-state index is 0.0312. The minimum atomic E-state index is -0.628. The van der Waals surface area contributed by atoms with Crippen LogP contribution in [0.25, 0.3) is 0 Å². The molecular weight excluding hydrogens is 346 g/mol. The number of aliphatic hydroxyl groups is 3. The van der Waals surface area contributed by atoms with Crippen LogP contribution >= 0.6 is 12.2 Å². The van der Waals surface area contributed by atoms with E-state index < -0.39 is 17.7 Å². The Balaban J connectivity index is 1.99. The Hall–Kier alpha value is -1.22. The van der Waals surface area contributed by atoms with E-state index in [4.69, 9.17) is 28.7 Å². The molecule has 0 bridgehead atoms. The SMILES string of the molecule is C#CC12CC(O)C(C=CC(O)CCCCC)C1CC(CCCC(O)=S)=N2. The Labute approximate surface area is 162 Å². The van der Waals surface area contributed by atoms with E-state index in [1.165, 1.54) is 0 Å². The van der Waals surface area contributed by atoms with E-state index >= 15 is 0 Å². The summed E-state index contributed by atoms with van der Waals surface area (Å²) in [7, 11) is 0. The maximum absolute atomic E-state index is 10.5. The van der Waals surface area contributed by atoms with Gasteiger partial charge in [0.15, 0.2) is 5.05 Å². The van der Waals surface area contributed by atoms with Crippen molar-refractivity contribution in [3.63, 3.8) is 0 Å². The summed E-state index contributed by atoms with van der Waals surface area (Å²) in [6, 6.07) is 0. The highest BCUT2D eigenvalue weighted by atomic mass is 32.1. The Morgan fingerprint density at radius 1 is 1.46 bits per heavy atom. The number of hydrogen-bond acceptors (Lipinski definition) is 4. The molecule has 1 fully saturated rings. The quantitative estimate of drug-likeness (QED) is 0.235. The van der Waals surface area contributed by atoms with Gasteiger partial charge in [-0.1, -0.05) is 44.3 Å². The van der Waals surface area contributed by atoms with Crippen LogP contribution in [-0.2, 0) is 0 Å². The first-order valence-corrected chi connectivity index (χ1v) is 10.1. The van der Waals surface area contributed by atoms with E-state index in [-0.39, 0.29) is 16.9 Å². The predicted octanol–water partition coefficient (Wildman–Crippen LogP) is 3.75. The van der Waals surface area contributed by atoms with Gasteiger partial charge in [-0.25, -0.2) is 0 Å². The summed E-state index contributed by atoms with van der Waals surface area (Å²) >= 11 is 4.71. The molecule has 2 rings (SSSR count). The zero-order chi connectivity index (χ0) is 19.2. The highest BCUT2D eigenvalue weighted by molar-refractivity contribution is 7.80. The third-order valence-electron chi connectivity index (χ3n) is 5.62. The summed E-state index contributed by atoms with van der Waals surface area (Å²) in [4.78, 5) is 4.78. The third-order valence-corrected chi connectivity index (χ3v) is 5.82. The van der Waals surface area contributed by atoms with Gasteiger partial charge in [0, 0.05) is 30.4 Å². The summed E-state index contributed by atoms with van der Waals surface area (Å²) in [6.45, 7) is 2.14. The van der Waals surface area contributed by atoms with Crippen molar-refractivity contribution >= 4 is 23.0 Å². The molecule has 0 aromatic rings. The number of aliphatic hydroxyl groups excluding tert-OH is 3. The number of hydrogen-bond donors (Lipinski definition) is 3. The number of thiocarbonyl (C=S) groups is 1. The smallest absolute Gasteiger partial charge is 0.156 e. The minimum Gasteiger partial charge on any atom is -0.502 e. The fourth-order valence-electron chi connectivity index (χ4n) is 4.23. The zero-order valence-corrected chi connectivity index (χ0v) is 16.4. The Morgan fingerprint density at radius 3 is 2.88 bits per heavy atom. The summed E-state index contributed by atoms with van der Waals surface area (Å²) < 4.78 is 0. The van der Waals surface area contributed by atoms with Crippen LogP contribution in [0.3, 0.4) is 0 Å². The summed E-state index contributed by atoms with van der Waals surface area (Å²) in [5, 5.41) is 29.8. The highest BCUT2D eigenvalue weighted by Crippen LogP contribution is 2.49. The van der Waals surface area contributed by atoms with E-state index in [2.05, 4.69) is 12.8 Å². The molecule has 5 atom stereocenters. The molecule has 26 heavy (non-hydrogen) atoms. The van der Waals surface area contributed by atoms with Crippen molar-refractivity contribution in [1.29, 1.82) is 0 Å². The van der Waals surface area contributed by atoms with Gasteiger partial charge in [0.1, 0.15) is 5.54 Å². The van der Waals surface area contributed by atoms with E-state index in [1.54, 1.807) is 0 Å². The number of rotatable bonds is 10. The normalized spacial score (nSPS) is 31.6. The van der Waals surface area contributed by atoms with Crippen LogP contribution in [0, 0.1) is 24.2 Å². The molecule has 5 unspecified atom stereocenters. The highest BCUT2D eigenvalue weighted by Gasteiger charge is 2.54. The van der Waals surface area contributed by atoms with Crippen molar-refractivity contribution in [2.24, 2.45) is 16.8 Å². The molecule has 5 heteroatoms. The summed E-state index contributed by atoms with van der Waals surface area (Å²) in [5.41, 5.74) is 0.425. The second kappa shape index (κ2) is 9.64. The molecule has 4 nitrogen and oxygen atoms in total. The molecule has 144 valence electrons. The van der Waals surface area contributed by atoms with Crippen LogP contribution in [0.2, 0.25) is 0 Å². The van der Waals surface area contributed by atoms with Gasteiger partial charge >= 0.3 is 0 Å². The first-order valence-electron chi connectivity index (χ1n) is 9.73. The Kier molecular flexibility index (Phi) is 7.82. The fraction of sp³-hybridized carbons (Fsp3) is 0.714. The maximum Gasteiger partial charge on any atom is 0.156 e. The Bertz CT molecular complexity index is 595. The standard InChI is InChI=1S/C21H31NO3S/c1-3-5-6-9-16(23)11-12-17-18-13-15(8-7-10-20(25)26)22-21(18,4-2)14-19(17)24/h2,11-12,16-19,23-24H,3,5-10,13-14H2,1H3,(H,25,26). The maximum atomic E-state index is 10.5. The average molecular weight is 378 g/mol. The molecule has 0 radical (unpaired) electrons. The molecule has 3 N–H and O–H groups in total. The van der Waals surface area contributed by atoms with Crippen molar-refractivity contribution < 1.29 is 15.3 Å². The zero-order valence-electron chi connectivity index (χ0n) is 15.6. The van der Waals surface area contributed by atoms with Crippen molar-refractivity contribution in [2.75, 3.05) is 0 Å². The monoisotopic (exact) mass is 377 g/mol. The van der Waals surface area contributed by atoms with Gasteiger partial charge in [-0.05, 0) is 37.9 Å². The van der Waals surface area contributed by atoms with Crippen LogP contribution in [-0.4, -0.2) is 43.8 Å². The van der Waals surface area contributed by atoms with Crippen LogP contribution in [0.4, 0.5) is 0 Å². The molecule has 0 aromatic heterocycles. The van der Waals surface area contributed by atoms with Crippen molar-refractivity contribution in [1.82, 2.24) is 0 Å². The van der Waals surface area contributed by atoms with Gasteiger partial charge in [-0.15, -0.1) is 6.42 Å². The third kappa shape index (κ3) is 5.16. The van der Waals surface area contributed by atoms with Crippen LogP contribution < -0.4 is 0 Å². The average Bonchev–Trinajstić information content (AvgIpc) is 3.05. The Morgan fingerprint density at radius 2 is 2.23 bits per heavy atom. The summed E-state index contributed by atoms with van der Waals surface area (Å²) in [5.74, 6) is 2.84. The fourth-order valence-corrected chi connectivity index (χ4v) is 4.37. The van der Waals surface area contributed by atoms with Gasteiger partial charge in [-0.2, -0.15) is 0 Å². The molecule has 0 spiro atoms. The lowest BCUT2D eigenvalue weighted by Gasteiger charge is -2.22. The van der Waals surface area contributed by atoms with Crippen LogP contribution in [0.1, 0.15) is 64.7 Å². The molecule has 1 saturated carbocycles. The number of nitrogens with zero attached hydrogens (tertiary/aromatic N) is 1.